The van der Waals surface area contributed by atoms with Gasteiger partial charge in [0.1, 0.15) is 17.7 Å². The average Bonchev–Trinajstić information content (AvgIpc) is 2.93. The number of hydrogen-bond acceptors (Lipinski definition) is 5. The quantitative estimate of drug-likeness (QED) is 0.187. The Labute approximate surface area is 251 Å². The first-order valence-corrected chi connectivity index (χ1v) is 14.8. The van der Waals surface area contributed by atoms with E-state index < -0.39 is 42.2 Å². The number of para-hydroxylation sites is 1. The van der Waals surface area contributed by atoms with Gasteiger partial charge in [-0.3, -0.25) is 9.59 Å². The average molecular weight is 578 g/mol. The second kappa shape index (κ2) is 16.6. The van der Waals surface area contributed by atoms with E-state index in [4.69, 9.17) is 11.2 Å². The minimum atomic E-state index is -1.31. The van der Waals surface area contributed by atoms with Gasteiger partial charge in [0, 0.05) is 17.8 Å². The normalized spacial score (nSPS) is 12.5. The third-order valence-electron chi connectivity index (χ3n) is 6.89. The number of terminal acetylenes is 1. The largest absolute Gasteiger partial charge is 0.444 e. The maximum Gasteiger partial charge on any atom is 0.408 e. The molecule has 0 aliphatic rings. The minimum absolute atomic E-state index is 0.249. The summed E-state index contributed by atoms with van der Waals surface area (Å²) in [5, 5.41) is 15.7. The highest BCUT2D eigenvalue weighted by atomic mass is 16.6. The van der Waals surface area contributed by atoms with E-state index in [1.165, 1.54) is 4.90 Å². The molecule has 8 nitrogen and oxygen atoms in total. The van der Waals surface area contributed by atoms with Gasteiger partial charge in [-0.2, -0.15) is 0 Å². The van der Waals surface area contributed by atoms with Crippen molar-refractivity contribution in [3.63, 3.8) is 0 Å². The number of anilines is 1. The van der Waals surface area contributed by atoms with Gasteiger partial charge >= 0.3 is 6.09 Å². The zero-order valence-corrected chi connectivity index (χ0v) is 26.0. The number of nitrogens with zero attached hydrogens (tertiary/aromatic N) is 1. The molecule has 2 unspecified atom stereocenters. The summed E-state index contributed by atoms with van der Waals surface area (Å²) >= 11 is 0. The lowest BCUT2D eigenvalue weighted by Gasteiger charge is -2.34. The number of nitrogens with one attached hydrogen (secondary N) is 2. The fraction of sp³-hybridized carbons (Fsp3) is 0.500. The summed E-state index contributed by atoms with van der Waals surface area (Å²) in [7, 11) is 0. The molecule has 0 aliphatic heterocycles. The highest BCUT2D eigenvalue weighted by molar-refractivity contribution is 6.00. The molecule has 0 spiro atoms. The molecule has 0 saturated heterocycles. The standard InChI is InChI=1S/C34H47N3O5/c1-8-10-11-12-13-14-22-37(32(40)28(23-38)35-33(41)42-34(5,6)7)30(27-20-18-26(9-2)19-21-27)31(39)36-29-24(3)16-15-17-25(29)4/h2,15-21,28,30,38H,8,10-14,22-23H2,1,3-7H3,(H,35,41)(H,36,39). The van der Waals surface area contributed by atoms with Crippen molar-refractivity contribution in [2.75, 3.05) is 18.5 Å². The number of benzene rings is 2. The topological polar surface area (TPSA) is 108 Å². The number of aliphatic hydroxyl groups is 1. The molecule has 228 valence electrons. The number of alkyl carbamates (subject to hydrolysis) is 1. The summed E-state index contributed by atoms with van der Waals surface area (Å²) in [6.45, 7) is 10.7. The fourth-order valence-corrected chi connectivity index (χ4v) is 4.70. The molecule has 2 aromatic carbocycles. The summed E-state index contributed by atoms with van der Waals surface area (Å²) in [4.78, 5) is 42.2. The first-order valence-electron chi connectivity index (χ1n) is 14.8. The molecular formula is C34H47N3O5. The van der Waals surface area contributed by atoms with E-state index in [1.54, 1.807) is 45.0 Å². The van der Waals surface area contributed by atoms with Crippen LogP contribution in [0, 0.1) is 26.2 Å². The maximum absolute atomic E-state index is 14.1. The van der Waals surface area contributed by atoms with E-state index in [0.29, 0.717) is 23.2 Å². The molecule has 2 aromatic rings. The van der Waals surface area contributed by atoms with E-state index in [9.17, 15) is 19.5 Å². The van der Waals surface area contributed by atoms with Crippen LogP contribution < -0.4 is 10.6 Å². The molecule has 0 saturated carbocycles. The second-order valence-electron chi connectivity index (χ2n) is 11.6. The van der Waals surface area contributed by atoms with Gasteiger partial charge in [0.05, 0.1) is 6.61 Å². The Bertz CT molecular complexity index is 1210. The van der Waals surface area contributed by atoms with E-state index >= 15 is 0 Å². The number of carbonyl (C=O) groups excluding carboxylic acids is 3. The van der Waals surface area contributed by atoms with Crippen LogP contribution in [-0.4, -0.2) is 52.7 Å². The lowest BCUT2D eigenvalue weighted by Crippen LogP contribution is -2.54. The summed E-state index contributed by atoms with van der Waals surface area (Å²) in [6, 6.07) is 10.3. The number of unbranched alkanes of at least 4 members (excludes halogenated alkanes) is 5. The molecular weight excluding hydrogens is 530 g/mol. The third-order valence-corrected chi connectivity index (χ3v) is 6.89. The van der Waals surface area contributed by atoms with Crippen molar-refractivity contribution in [2.24, 2.45) is 0 Å². The summed E-state index contributed by atoms with van der Waals surface area (Å²) in [5.41, 5.74) is 2.85. The van der Waals surface area contributed by atoms with Crippen LogP contribution in [0.1, 0.15) is 94.5 Å². The van der Waals surface area contributed by atoms with Crippen molar-refractivity contribution in [2.45, 2.75) is 97.8 Å². The fourth-order valence-electron chi connectivity index (χ4n) is 4.70. The van der Waals surface area contributed by atoms with Gasteiger partial charge in [-0.15, -0.1) is 6.42 Å². The minimum Gasteiger partial charge on any atom is -0.444 e. The Hall–Kier alpha value is -3.83. The summed E-state index contributed by atoms with van der Waals surface area (Å²) < 4.78 is 5.33. The second-order valence-corrected chi connectivity index (χ2v) is 11.6. The Kier molecular flexibility index (Phi) is 13.6. The molecule has 0 radical (unpaired) electrons. The SMILES string of the molecule is C#Cc1ccc(C(C(=O)Nc2c(C)cccc2C)N(CCCCCCCC)C(=O)C(CO)NC(=O)OC(C)(C)C)cc1. The highest BCUT2D eigenvalue weighted by Gasteiger charge is 2.36. The number of aryl methyl sites for hydroxylation is 2. The third kappa shape index (κ3) is 10.5. The number of rotatable bonds is 14. The number of aliphatic hydroxyl groups excluding tert-OH is 1. The molecule has 0 fully saturated rings. The number of amides is 3. The van der Waals surface area contributed by atoms with E-state index in [-0.39, 0.29) is 6.54 Å². The van der Waals surface area contributed by atoms with Crippen molar-refractivity contribution in [1.29, 1.82) is 0 Å². The zero-order valence-electron chi connectivity index (χ0n) is 26.0. The monoisotopic (exact) mass is 577 g/mol. The number of hydrogen-bond donors (Lipinski definition) is 3. The Morgan fingerprint density at radius 3 is 2.12 bits per heavy atom. The van der Waals surface area contributed by atoms with Gasteiger partial charge < -0.3 is 25.4 Å². The predicted molar refractivity (Wildman–Crippen MR) is 167 cm³/mol. The molecule has 42 heavy (non-hydrogen) atoms. The number of ether oxygens (including phenoxy) is 1. The molecule has 0 aromatic heterocycles. The molecule has 8 heteroatoms. The van der Waals surface area contributed by atoms with E-state index in [1.807, 2.05) is 32.0 Å². The molecule has 3 N–H and O–H groups in total. The first kappa shape index (κ1) is 34.4. The predicted octanol–water partition coefficient (Wildman–Crippen LogP) is 6.04. The molecule has 2 rings (SSSR count). The van der Waals surface area contributed by atoms with Gasteiger partial charge in [-0.1, -0.05) is 75.3 Å². The van der Waals surface area contributed by atoms with Crippen molar-refractivity contribution in [3.8, 4) is 12.3 Å². The Balaban J connectivity index is 2.51. The molecule has 0 bridgehead atoms. The van der Waals surface area contributed by atoms with Crippen LogP contribution in [0.4, 0.5) is 10.5 Å². The maximum atomic E-state index is 14.1. The zero-order chi connectivity index (χ0) is 31.3. The van der Waals surface area contributed by atoms with E-state index in [0.717, 1.165) is 43.2 Å². The Morgan fingerprint density at radius 1 is 0.976 bits per heavy atom. The smallest absolute Gasteiger partial charge is 0.408 e. The van der Waals surface area contributed by atoms with E-state index in [2.05, 4.69) is 23.5 Å². The van der Waals surface area contributed by atoms with Crippen molar-refractivity contribution in [3.05, 3.63) is 64.7 Å². The summed E-state index contributed by atoms with van der Waals surface area (Å²) in [6.07, 6.45) is 10.6. The van der Waals surface area contributed by atoms with Crippen molar-refractivity contribution in [1.82, 2.24) is 10.2 Å². The van der Waals surface area contributed by atoms with Gasteiger partial charge in [-0.05, 0) is 69.9 Å². The van der Waals surface area contributed by atoms with Crippen LogP contribution in [0.3, 0.4) is 0 Å². The van der Waals surface area contributed by atoms with Crippen LogP contribution in [0.5, 0.6) is 0 Å². The first-order chi connectivity index (χ1) is 19.9. The van der Waals surface area contributed by atoms with Crippen LogP contribution in [0.25, 0.3) is 0 Å². The van der Waals surface area contributed by atoms with Gasteiger partial charge in [0.25, 0.3) is 5.91 Å². The highest BCUT2D eigenvalue weighted by Crippen LogP contribution is 2.28. The number of carbonyl (C=O) groups is 3. The van der Waals surface area contributed by atoms with Crippen LogP contribution in [0.2, 0.25) is 0 Å². The van der Waals surface area contributed by atoms with Crippen molar-refractivity contribution >= 4 is 23.6 Å². The summed E-state index contributed by atoms with van der Waals surface area (Å²) in [5.74, 6) is 1.59. The molecule has 0 heterocycles. The van der Waals surface area contributed by atoms with Crippen LogP contribution in [-0.2, 0) is 14.3 Å². The van der Waals surface area contributed by atoms with Gasteiger partial charge in [-0.25, -0.2) is 4.79 Å². The van der Waals surface area contributed by atoms with Gasteiger partial charge in [0.2, 0.25) is 5.91 Å². The Morgan fingerprint density at radius 2 is 1.57 bits per heavy atom. The molecule has 0 aliphatic carbocycles. The molecule has 2 atom stereocenters. The van der Waals surface area contributed by atoms with Gasteiger partial charge in [0.15, 0.2) is 0 Å². The lowest BCUT2D eigenvalue weighted by atomic mass is 10.00. The van der Waals surface area contributed by atoms with Crippen molar-refractivity contribution < 1.29 is 24.2 Å². The van der Waals surface area contributed by atoms with Crippen LogP contribution in [0.15, 0.2) is 42.5 Å². The van der Waals surface area contributed by atoms with Crippen LogP contribution >= 0.6 is 0 Å². The molecule has 3 amide bonds. The lowest BCUT2D eigenvalue weighted by molar-refractivity contribution is -0.141.